The van der Waals surface area contributed by atoms with Gasteiger partial charge in [0.2, 0.25) is 10.0 Å². The zero-order valence-corrected chi connectivity index (χ0v) is 14.7. The van der Waals surface area contributed by atoms with E-state index in [0.29, 0.717) is 18.8 Å². The van der Waals surface area contributed by atoms with Crippen LogP contribution in [0.15, 0.2) is 53.4 Å². The molecule has 0 bridgehead atoms. The lowest BCUT2D eigenvalue weighted by molar-refractivity contribution is -0.255. The van der Waals surface area contributed by atoms with Crippen LogP contribution < -0.4 is 10.4 Å². The Morgan fingerprint density at radius 1 is 0.923 bits per heavy atom. The number of sulfonamides is 1. The Bertz CT molecular complexity index is 932. The smallest absolute Gasteiger partial charge is 0.256 e. The van der Waals surface area contributed by atoms with Gasteiger partial charge in [-0.2, -0.15) is 4.31 Å². The topological polar surface area (TPSA) is 107 Å². The predicted octanol–water partition coefficient (Wildman–Crippen LogP) is 1.09. The zero-order chi connectivity index (χ0) is 18.7. The van der Waals surface area contributed by atoms with Crippen molar-refractivity contribution in [2.45, 2.75) is 17.7 Å². The number of carbonyl (C=O) groups excluding carboxylic acids is 2. The number of benzene rings is 2. The largest absolute Gasteiger partial charge is 0.545 e. The normalized spacial score (nSPS) is 14.9. The van der Waals surface area contributed by atoms with Crippen LogP contribution in [0.3, 0.4) is 0 Å². The quantitative estimate of drug-likeness (QED) is 0.844. The van der Waals surface area contributed by atoms with E-state index in [9.17, 15) is 23.1 Å². The molecule has 2 aromatic rings. The Labute approximate surface area is 151 Å². The van der Waals surface area contributed by atoms with E-state index < -0.39 is 21.9 Å². The molecule has 1 amide bonds. The summed E-state index contributed by atoms with van der Waals surface area (Å²) in [5.41, 5.74) is 0.128. The summed E-state index contributed by atoms with van der Waals surface area (Å²) in [5.74, 6) is -2.05. The molecule has 0 aromatic heterocycles. The molecule has 3 rings (SSSR count). The van der Waals surface area contributed by atoms with Gasteiger partial charge in [0.15, 0.2) is 0 Å². The second kappa shape index (κ2) is 7.27. The summed E-state index contributed by atoms with van der Waals surface area (Å²) < 4.78 is 26.4. The molecule has 1 fully saturated rings. The Kier molecular flexibility index (Phi) is 5.06. The minimum absolute atomic E-state index is 0.0266. The number of hydrogen-bond acceptors (Lipinski definition) is 5. The lowest BCUT2D eigenvalue weighted by Gasteiger charge is -2.16. The van der Waals surface area contributed by atoms with Gasteiger partial charge >= 0.3 is 0 Å². The predicted molar refractivity (Wildman–Crippen MR) is 93.2 cm³/mol. The molecular weight excluding hydrogens is 356 g/mol. The number of nitrogens with one attached hydrogen (secondary N) is 1. The third kappa shape index (κ3) is 3.61. The van der Waals surface area contributed by atoms with Gasteiger partial charge in [0.1, 0.15) is 0 Å². The van der Waals surface area contributed by atoms with Gasteiger partial charge in [-0.15, -0.1) is 0 Å². The number of amides is 1. The molecule has 1 aliphatic rings. The average molecular weight is 373 g/mol. The highest BCUT2D eigenvalue weighted by Crippen LogP contribution is 2.22. The van der Waals surface area contributed by atoms with Crippen molar-refractivity contribution in [1.29, 1.82) is 0 Å². The molecule has 1 aliphatic heterocycles. The maximum atomic E-state index is 12.5. The maximum Gasteiger partial charge on any atom is 0.256 e. The molecule has 1 saturated heterocycles. The van der Waals surface area contributed by atoms with Crippen molar-refractivity contribution in [3.8, 4) is 0 Å². The first kappa shape index (κ1) is 18.1. The molecule has 26 heavy (non-hydrogen) atoms. The summed E-state index contributed by atoms with van der Waals surface area (Å²) in [6.07, 6.45) is 1.70. The molecule has 136 valence electrons. The molecule has 0 aliphatic carbocycles. The van der Waals surface area contributed by atoms with Crippen molar-refractivity contribution in [2.75, 3.05) is 18.4 Å². The number of hydrogen-bond donors (Lipinski definition) is 1. The van der Waals surface area contributed by atoms with Crippen molar-refractivity contribution in [3.05, 3.63) is 59.7 Å². The van der Waals surface area contributed by atoms with Gasteiger partial charge in [-0.3, -0.25) is 4.79 Å². The first-order valence-electron chi connectivity index (χ1n) is 8.11. The molecule has 0 atom stereocenters. The van der Waals surface area contributed by atoms with Gasteiger partial charge in [-0.05, 0) is 43.2 Å². The van der Waals surface area contributed by atoms with Crippen LogP contribution in [0.2, 0.25) is 0 Å². The molecular formula is C18H17N2O5S-. The Morgan fingerprint density at radius 2 is 1.50 bits per heavy atom. The molecule has 0 spiro atoms. The van der Waals surface area contributed by atoms with Crippen molar-refractivity contribution in [3.63, 3.8) is 0 Å². The second-order valence-electron chi connectivity index (χ2n) is 5.92. The lowest BCUT2D eigenvalue weighted by Crippen LogP contribution is -2.28. The van der Waals surface area contributed by atoms with Crippen LogP contribution in [0.4, 0.5) is 5.69 Å². The number of carboxylic acids is 1. The number of anilines is 1. The molecule has 8 heteroatoms. The Hall–Kier alpha value is -2.71. The molecule has 0 unspecified atom stereocenters. The van der Waals surface area contributed by atoms with E-state index in [1.165, 1.54) is 46.8 Å². The van der Waals surface area contributed by atoms with E-state index in [2.05, 4.69) is 5.32 Å². The van der Waals surface area contributed by atoms with Crippen molar-refractivity contribution >= 4 is 27.6 Å². The monoisotopic (exact) mass is 373 g/mol. The van der Waals surface area contributed by atoms with Crippen LogP contribution in [0, 0.1) is 0 Å². The molecule has 2 aromatic carbocycles. The van der Waals surface area contributed by atoms with Gasteiger partial charge in [0.25, 0.3) is 5.91 Å². The van der Waals surface area contributed by atoms with E-state index in [0.717, 1.165) is 12.8 Å². The lowest BCUT2D eigenvalue weighted by atomic mass is 10.1. The Morgan fingerprint density at radius 3 is 2.08 bits per heavy atom. The van der Waals surface area contributed by atoms with E-state index in [1.54, 1.807) is 6.07 Å². The van der Waals surface area contributed by atoms with E-state index in [1.807, 2.05) is 0 Å². The van der Waals surface area contributed by atoms with Crippen LogP contribution in [0.1, 0.15) is 33.6 Å². The number of nitrogens with zero attached hydrogens (tertiary/aromatic N) is 1. The fraction of sp³-hybridized carbons (Fsp3) is 0.222. The summed E-state index contributed by atoms with van der Waals surface area (Å²) in [5, 5.41) is 13.7. The maximum absolute atomic E-state index is 12.5. The van der Waals surface area contributed by atoms with E-state index in [4.69, 9.17) is 0 Å². The van der Waals surface area contributed by atoms with Crippen LogP contribution >= 0.6 is 0 Å². The third-order valence-electron chi connectivity index (χ3n) is 4.21. The first-order valence-corrected chi connectivity index (χ1v) is 9.55. The standard InChI is InChI=1S/C18H18N2O5S/c21-17(15-5-1-2-6-16(15)18(22)23)19-13-7-9-14(10-8-13)26(24,25)20-11-3-4-12-20/h1-2,5-10H,3-4,11-12H2,(H,19,21)(H,22,23)/p-1. The fourth-order valence-electron chi connectivity index (χ4n) is 2.85. The van der Waals surface area contributed by atoms with Crippen LogP contribution in [0.5, 0.6) is 0 Å². The number of aromatic carboxylic acids is 1. The van der Waals surface area contributed by atoms with Crippen molar-refractivity contribution in [1.82, 2.24) is 4.31 Å². The highest BCUT2D eigenvalue weighted by Gasteiger charge is 2.27. The minimum atomic E-state index is -3.52. The summed E-state index contributed by atoms with van der Waals surface area (Å²) in [7, 11) is -3.52. The number of carbonyl (C=O) groups is 2. The first-order chi connectivity index (χ1) is 12.4. The average Bonchev–Trinajstić information content (AvgIpc) is 3.17. The molecule has 0 radical (unpaired) electrons. The summed E-state index contributed by atoms with van der Waals surface area (Å²) >= 11 is 0. The fourth-order valence-corrected chi connectivity index (χ4v) is 4.36. The van der Waals surface area contributed by atoms with Crippen LogP contribution in [0.25, 0.3) is 0 Å². The third-order valence-corrected chi connectivity index (χ3v) is 6.12. The highest BCUT2D eigenvalue weighted by atomic mass is 32.2. The Balaban J connectivity index is 1.78. The number of carboxylic acid groups (broad SMARTS) is 1. The summed E-state index contributed by atoms with van der Waals surface area (Å²) in [6, 6.07) is 11.5. The van der Waals surface area contributed by atoms with Gasteiger partial charge in [-0.1, -0.05) is 18.2 Å². The number of rotatable bonds is 5. The highest BCUT2D eigenvalue weighted by molar-refractivity contribution is 7.89. The molecule has 0 saturated carbocycles. The minimum Gasteiger partial charge on any atom is -0.545 e. The van der Waals surface area contributed by atoms with Gasteiger partial charge in [0, 0.05) is 29.9 Å². The van der Waals surface area contributed by atoms with Crippen LogP contribution in [-0.2, 0) is 10.0 Å². The van der Waals surface area contributed by atoms with E-state index >= 15 is 0 Å². The van der Waals surface area contributed by atoms with Gasteiger partial charge in [0.05, 0.1) is 10.9 Å². The second-order valence-corrected chi connectivity index (χ2v) is 7.86. The molecule has 7 nitrogen and oxygen atoms in total. The summed E-state index contributed by atoms with van der Waals surface area (Å²) in [4.78, 5) is 23.6. The van der Waals surface area contributed by atoms with Crippen molar-refractivity contribution in [2.24, 2.45) is 0 Å². The van der Waals surface area contributed by atoms with Gasteiger partial charge < -0.3 is 15.2 Å². The molecule has 1 heterocycles. The van der Waals surface area contributed by atoms with Crippen LogP contribution in [-0.4, -0.2) is 37.7 Å². The summed E-state index contributed by atoms with van der Waals surface area (Å²) in [6.45, 7) is 1.03. The SMILES string of the molecule is O=C([O-])c1ccccc1C(=O)Nc1ccc(S(=O)(=O)N2CCCC2)cc1. The zero-order valence-electron chi connectivity index (χ0n) is 13.8. The van der Waals surface area contributed by atoms with E-state index in [-0.39, 0.29) is 16.0 Å². The van der Waals surface area contributed by atoms with Gasteiger partial charge in [-0.25, -0.2) is 8.42 Å². The van der Waals surface area contributed by atoms with Crippen molar-refractivity contribution < 1.29 is 23.1 Å². The molecule has 1 N–H and O–H groups in total.